The Bertz CT molecular complexity index is 462. The third-order valence-electron chi connectivity index (χ3n) is 2.30. The van der Waals surface area contributed by atoms with Crippen LogP contribution in [-0.2, 0) is 11.3 Å². The van der Waals surface area contributed by atoms with Gasteiger partial charge in [0.2, 0.25) is 0 Å². The number of nitrogens with zero attached hydrogens (tertiary/aromatic N) is 2. The summed E-state index contributed by atoms with van der Waals surface area (Å²) in [5.74, 6) is 0. The standard InChI is InChI=1S/C9H10N2O4/c1-6-2-9(12)10(3-7-5-15-7)4-8(6)11(13)14/h2,4,7H,3,5H2,1H3. The molecular weight excluding hydrogens is 200 g/mol. The minimum Gasteiger partial charge on any atom is -0.371 e. The van der Waals surface area contributed by atoms with Gasteiger partial charge in [-0.1, -0.05) is 0 Å². The predicted molar refractivity (Wildman–Crippen MR) is 51.8 cm³/mol. The van der Waals surface area contributed by atoms with Gasteiger partial charge in [-0.3, -0.25) is 14.9 Å². The maximum atomic E-state index is 11.5. The van der Waals surface area contributed by atoms with Crippen LogP contribution in [0.2, 0.25) is 0 Å². The van der Waals surface area contributed by atoms with Crippen LogP contribution < -0.4 is 5.56 Å². The van der Waals surface area contributed by atoms with Gasteiger partial charge in [-0.2, -0.15) is 0 Å². The summed E-state index contributed by atoms with van der Waals surface area (Å²) < 4.78 is 6.29. The number of hydrogen-bond donors (Lipinski definition) is 0. The molecule has 1 saturated heterocycles. The number of epoxide rings is 1. The van der Waals surface area contributed by atoms with E-state index in [1.807, 2.05) is 0 Å². The first kappa shape index (κ1) is 9.85. The average molecular weight is 210 g/mol. The molecule has 15 heavy (non-hydrogen) atoms. The van der Waals surface area contributed by atoms with E-state index in [1.54, 1.807) is 6.92 Å². The second kappa shape index (κ2) is 3.47. The van der Waals surface area contributed by atoms with Crippen LogP contribution in [0.3, 0.4) is 0 Å². The molecule has 80 valence electrons. The minimum atomic E-state index is -0.487. The Balaban J connectivity index is 2.40. The van der Waals surface area contributed by atoms with E-state index in [-0.39, 0.29) is 17.4 Å². The van der Waals surface area contributed by atoms with E-state index < -0.39 is 4.92 Å². The molecule has 2 rings (SSSR count). The SMILES string of the molecule is Cc1cc(=O)n(CC2CO2)cc1[N+](=O)[O-]. The molecule has 1 atom stereocenters. The van der Waals surface area contributed by atoms with Gasteiger partial charge < -0.3 is 9.30 Å². The van der Waals surface area contributed by atoms with Crippen molar-refractivity contribution in [2.24, 2.45) is 0 Å². The molecule has 0 amide bonds. The number of hydrogen-bond acceptors (Lipinski definition) is 4. The lowest BCUT2D eigenvalue weighted by Gasteiger charge is -2.03. The van der Waals surface area contributed by atoms with Crippen molar-refractivity contribution < 1.29 is 9.66 Å². The van der Waals surface area contributed by atoms with Gasteiger partial charge in [0, 0.05) is 11.6 Å². The van der Waals surface area contributed by atoms with Crippen molar-refractivity contribution in [3.05, 3.63) is 38.3 Å². The highest BCUT2D eigenvalue weighted by molar-refractivity contribution is 5.35. The molecule has 0 aromatic carbocycles. The third-order valence-corrected chi connectivity index (χ3v) is 2.30. The van der Waals surface area contributed by atoms with E-state index in [9.17, 15) is 14.9 Å². The van der Waals surface area contributed by atoms with Crippen LogP contribution in [0.15, 0.2) is 17.1 Å². The molecule has 1 aromatic rings. The molecule has 1 unspecified atom stereocenters. The highest BCUT2D eigenvalue weighted by Gasteiger charge is 2.24. The summed E-state index contributed by atoms with van der Waals surface area (Å²) in [5, 5.41) is 10.6. The van der Waals surface area contributed by atoms with Gasteiger partial charge in [0.15, 0.2) is 0 Å². The zero-order chi connectivity index (χ0) is 11.0. The molecule has 0 spiro atoms. The largest absolute Gasteiger partial charge is 0.371 e. The summed E-state index contributed by atoms with van der Waals surface area (Å²) in [7, 11) is 0. The Kier molecular flexibility index (Phi) is 2.28. The molecule has 6 heteroatoms. The maximum Gasteiger partial charge on any atom is 0.288 e. The first-order chi connectivity index (χ1) is 7.08. The molecule has 0 saturated carbocycles. The number of ether oxygens (including phenoxy) is 1. The van der Waals surface area contributed by atoms with E-state index in [0.29, 0.717) is 18.7 Å². The fourth-order valence-corrected chi connectivity index (χ4v) is 1.38. The van der Waals surface area contributed by atoms with Crippen molar-refractivity contribution in [3.8, 4) is 0 Å². The number of rotatable bonds is 3. The molecule has 2 heterocycles. The molecule has 6 nitrogen and oxygen atoms in total. The van der Waals surface area contributed by atoms with Crippen molar-refractivity contribution in [2.45, 2.75) is 19.6 Å². The summed E-state index contributed by atoms with van der Waals surface area (Å²) in [4.78, 5) is 21.6. The normalized spacial score (nSPS) is 18.9. The van der Waals surface area contributed by atoms with Crippen LogP contribution in [0.1, 0.15) is 5.56 Å². The number of pyridine rings is 1. The highest BCUT2D eigenvalue weighted by Crippen LogP contribution is 2.16. The lowest BCUT2D eigenvalue weighted by Crippen LogP contribution is -2.22. The second-order valence-corrected chi connectivity index (χ2v) is 3.54. The summed E-state index contributed by atoms with van der Waals surface area (Å²) in [6.07, 6.45) is 1.31. The van der Waals surface area contributed by atoms with E-state index in [4.69, 9.17) is 4.74 Å². The van der Waals surface area contributed by atoms with E-state index in [1.165, 1.54) is 16.8 Å². The smallest absolute Gasteiger partial charge is 0.288 e. The van der Waals surface area contributed by atoms with Crippen molar-refractivity contribution in [2.75, 3.05) is 6.61 Å². The zero-order valence-corrected chi connectivity index (χ0v) is 8.17. The Morgan fingerprint density at radius 1 is 1.73 bits per heavy atom. The summed E-state index contributed by atoms with van der Waals surface area (Å²) in [5.41, 5.74) is 0.127. The van der Waals surface area contributed by atoms with Gasteiger partial charge in [-0.25, -0.2) is 0 Å². The van der Waals surface area contributed by atoms with Crippen molar-refractivity contribution in [3.63, 3.8) is 0 Å². The Hall–Kier alpha value is -1.69. The fourth-order valence-electron chi connectivity index (χ4n) is 1.38. The predicted octanol–water partition coefficient (Wildman–Crippen LogP) is 0.464. The van der Waals surface area contributed by atoms with Crippen LogP contribution in [0.4, 0.5) is 5.69 Å². The lowest BCUT2D eigenvalue weighted by molar-refractivity contribution is -0.385. The maximum absolute atomic E-state index is 11.5. The number of aromatic nitrogens is 1. The summed E-state index contributed by atoms with van der Waals surface area (Å²) in [6.45, 7) is 2.56. The van der Waals surface area contributed by atoms with Crippen molar-refractivity contribution >= 4 is 5.69 Å². The third kappa shape index (κ3) is 2.04. The molecule has 1 aromatic heterocycles. The first-order valence-electron chi connectivity index (χ1n) is 4.55. The van der Waals surface area contributed by atoms with Gasteiger partial charge in [0.05, 0.1) is 30.4 Å². The van der Waals surface area contributed by atoms with Crippen molar-refractivity contribution in [1.29, 1.82) is 0 Å². The van der Waals surface area contributed by atoms with Crippen LogP contribution in [-0.4, -0.2) is 22.2 Å². The molecule has 0 N–H and O–H groups in total. The molecule has 1 aliphatic heterocycles. The monoisotopic (exact) mass is 210 g/mol. The van der Waals surface area contributed by atoms with E-state index >= 15 is 0 Å². The van der Waals surface area contributed by atoms with Gasteiger partial charge >= 0.3 is 0 Å². The lowest BCUT2D eigenvalue weighted by atomic mass is 10.2. The van der Waals surface area contributed by atoms with Gasteiger partial charge in [-0.15, -0.1) is 0 Å². The Morgan fingerprint density at radius 2 is 2.40 bits per heavy atom. The van der Waals surface area contributed by atoms with E-state index in [2.05, 4.69) is 0 Å². The average Bonchev–Trinajstić information content (AvgIpc) is 2.92. The van der Waals surface area contributed by atoms with Gasteiger partial charge in [0.1, 0.15) is 0 Å². The zero-order valence-electron chi connectivity index (χ0n) is 8.17. The highest BCUT2D eigenvalue weighted by atomic mass is 16.6. The topological polar surface area (TPSA) is 77.7 Å². The molecule has 1 fully saturated rings. The number of nitro groups is 1. The molecule has 1 aliphatic rings. The fraction of sp³-hybridized carbons (Fsp3) is 0.444. The molecular formula is C9H10N2O4. The Morgan fingerprint density at radius 3 is 2.93 bits per heavy atom. The molecule has 0 bridgehead atoms. The number of aryl methyl sites for hydroxylation is 1. The van der Waals surface area contributed by atoms with Gasteiger partial charge in [0.25, 0.3) is 11.2 Å². The molecule has 0 aliphatic carbocycles. The van der Waals surface area contributed by atoms with Crippen LogP contribution in [0, 0.1) is 17.0 Å². The van der Waals surface area contributed by atoms with Crippen LogP contribution in [0.25, 0.3) is 0 Å². The van der Waals surface area contributed by atoms with Gasteiger partial charge in [-0.05, 0) is 6.92 Å². The van der Waals surface area contributed by atoms with Crippen LogP contribution >= 0.6 is 0 Å². The second-order valence-electron chi connectivity index (χ2n) is 3.54. The van der Waals surface area contributed by atoms with Crippen LogP contribution in [0.5, 0.6) is 0 Å². The summed E-state index contributed by atoms with van der Waals surface area (Å²) in [6, 6.07) is 1.28. The summed E-state index contributed by atoms with van der Waals surface area (Å²) >= 11 is 0. The van der Waals surface area contributed by atoms with E-state index in [0.717, 1.165) is 0 Å². The molecule has 0 radical (unpaired) electrons. The minimum absolute atomic E-state index is 0.0322. The quantitative estimate of drug-likeness (QED) is 0.412. The Labute approximate surface area is 85.2 Å². The van der Waals surface area contributed by atoms with Crippen molar-refractivity contribution in [1.82, 2.24) is 4.57 Å². The first-order valence-corrected chi connectivity index (χ1v) is 4.55.